The minimum atomic E-state index is -0.669. The highest BCUT2D eigenvalue weighted by Gasteiger charge is 2.40. The van der Waals surface area contributed by atoms with Gasteiger partial charge in [-0.05, 0) is 61.1 Å². The van der Waals surface area contributed by atoms with E-state index in [2.05, 4.69) is 33.1 Å². The molecule has 3 atom stereocenters. The molecule has 0 unspecified atom stereocenters. The fourth-order valence-electron chi connectivity index (χ4n) is 5.35. The maximum absolute atomic E-state index is 13.5. The summed E-state index contributed by atoms with van der Waals surface area (Å²) in [6.07, 6.45) is 2.66. The van der Waals surface area contributed by atoms with Crippen LogP contribution in [0.5, 0.6) is 0 Å². The van der Waals surface area contributed by atoms with Gasteiger partial charge in [-0.15, -0.1) is 5.10 Å². The van der Waals surface area contributed by atoms with E-state index >= 15 is 0 Å². The van der Waals surface area contributed by atoms with Crippen LogP contribution in [0.3, 0.4) is 0 Å². The number of amides is 2. The lowest BCUT2D eigenvalue weighted by Crippen LogP contribution is -2.51. The molecule has 2 amide bonds. The number of benzene rings is 3. The van der Waals surface area contributed by atoms with Crippen molar-refractivity contribution in [3.05, 3.63) is 95.6 Å². The van der Waals surface area contributed by atoms with Gasteiger partial charge in [0.2, 0.25) is 11.8 Å². The number of nitrogens with one attached hydrogen (secondary N) is 2. The van der Waals surface area contributed by atoms with Gasteiger partial charge in [-0.3, -0.25) is 9.59 Å². The van der Waals surface area contributed by atoms with Crippen LogP contribution in [0.4, 0.5) is 0 Å². The Morgan fingerprint density at radius 3 is 2.40 bits per heavy atom. The van der Waals surface area contributed by atoms with Crippen LogP contribution in [0.15, 0.2) is 78.9 Å². The molecule has 0 aliphatic carbocycles. The second-order valence-corrected chi connectivity index (χ2v) is 10.5. The molecule has 208 valence electrons. The standard InChI is InChI=1S/C31H37N7O2/c1-37-28-15-13-24(18-27(28)35-36-37)20-34-30(39)29-19-25(33-17-16-23-10-6-3-7-11-23)21-38(29)31(40)26(32)14-12-22-8-4-2-5-9-22/h2-11,13,15,18,25-26,29,33H,12,14,16-17,19-21,32H2,1H3,(H,34,39)/t25-,26+,29-/m0/s1. The Balaban J connectivity index is 1.22. The first kappa shape index (κ1) is 27.5. The molecule has 1 saturated heterocycles. The third-order valence-electron chi connectivity index (χ3n) is 7.62. The Kier molecular flexibility index (Phi) is 8.83. The third-order valence-corrected chi connectivity index (χ3v) is 7.62. The first-order valence-corrected chi connectivity index (χ1v) is 13.9. The van der Waals surface area contributed by atoms with E-state index < -0.39 is 12.1 Å². The number of fused-ring (bicyclic) bond motifs is 1. The zero-order valence-corrected chi connectivity index (χ0v) is 22.9. The van der Waals surface area contributed by atoms with E-state index in [0.29, 0.717) is 32.4 Å². The molecule has 1 aromatic heterocycles. The molecule has 1 aliphatic heterocycles. The molecule has 0 radical (unpaired) electrons. The summed E-state index contributed by atoms with van der Waals surface area (Å²) in [6, 6.07) is 24.9. The summed E-state index contributed by atoms with van der Waals surface area (Å²) in [5.41, 5.74) is 11.4. The Morgan fingerprint density at radius 1 is 0.975 bits per heavy atom. The van der Waals surface area contributed by atoms with E-state index in [1.807, 2.05) is 73.8 Å². The smallest absolute Gasteiger partial charge is 0.243 e. The van der Waals surface area contributed by atoms with Gasteiger partial charge >= 0.3 is 0 Å². The Morgan fingerprint density at radius 2 is 1.68 bits per heavy atom. The third kappa shape index (κ3) is 6.73. The predicted molar refractivity (Wildman–Crippen MR) is 155 cm³/mol. The zero-order valence-electron chi connectivity index (χ0n) is 22.9. The van der Waals surface area contributed by atoms with Crippen molar-refractivity contribution >= 4 is 22.8 Å². The van der Waals surface area contributed by atoms with Crippen molar-refractivity contribution < 1.29 is 9.59 Å². The van der Waals surface area contributed by atoms with E-state index in [1.165, 1.54) is 5.56 Å². The van der Waals surface area contributed by atoms with Crippen molar-refractivity contribution in [2.24, 2.45) is 12.8 Å². The number of nitrogens with zero attached hydrogens (tertiary/aromatic N) is 4. The van der Waals surface area contributed by atoms with Gasteiger partial charge in [0.15, 0.2) is 0 Å². The fourth-order valence-corrected chi connectivity index (χ4v) is 5.35. The highest BCUT2D eigenvalue weighted by Crippen LogP contribution is 2.21. The van der Waals surface area contributed by atoms with Crippen LogP contribution in [0.1, 0.15) is 29.5 Å². The number of carbonyl (C=O) groups excluding carboxylic acids is 2. The van der Waals surface area contributed by atoms with E-state index in [1.54, 1.807) is 9.58 Å². The number of nitrogens with two attached hydrogens (primary N) is 1. The molecular formula is C31H37N7O2. The van der Waals surface area contributed by atoms with Crippen LogP contribution in [-0.2, 0) is 36.0 Å². The second-order valence-electron chi connectivity index (χ2n) is 10.5. The molecule has 0 bridgehead atoms. The Labute approximate surface area is 234 Å². The molecule has 4 aromatic rings. The van der Waals surface area contributed by atoms with Crippen LogP contribution >= 0.6 is 0 Å². The van der Waals surface area contributed by atoms with Gasteiger partial charge < -0.3 is 21.3 Å². The van der Waals surface area contributed by atoms with Gasteiger partial charge in [-0.2, -0.15) is 0 Å². The minimum absolute atomic E-state index is 0.0145. The summed E-state index contributed by atoms with van der Waals surface area (Å²) in [7, 11) is 1.84. The Bertz CT molecular complexity index is 1420. The van der Waals surface area contributed by atoms with Gasteiger partial charge in [0.1, 0.15) is 11.6 Å². The summed E-state index contributed by atoms with van der Waals surface area (Å²) in [4.78, 5) is 28.6. The normalized spacial score (nSPS) is 17.7. The molecule has 9 nitrogen and oxygen atoms in total. The number of hydrogen-bond donors (Lipinski definition) is 3. The number of likely N-dealkylation sites (tertiary alicyclic amines) is 1. The van der Waals surface area contributed by atoms with Crippen LogP contribution in [0, 0.1) is 0 Å². The van der Waals surface area contributed by atoms with Crippen LogP contribution < -0.4 is 16.4 Å². The van der Waals surface area contributed by atoms with E-state index in [4.69, 9.17) is 5.73 Å². The molecule has 0 spiro atoms. The molecule has 1 fully saturated rings. The second kappa shape index (κ2) is 12.8. The maximum Gasteiger partial charge on any atom is 0.243 e. The molecule has 1 aliphatic rings. The van der Waals surface area contributed by atoms with Crippen molar-refractivity contribution in [2.45, 2.75) is 50.4 Å². The van der Waals surface area contributed by atoms with Crippen molar-refractivity contribution in [2.75, 3.05) is 13.1 Å². The average Bonchev–Trinajstić information content (AvgIpc) is 3.58. The zero-order chi connectivity index (χ0) is 27.9. The SMILES string of the molecule is Cn1nnc2cc(CNC(=O)[C@@H]3C[C@H](NCCc4ccccc4)CN3C(=O)[C@H](N)CCc3ccccc3)ccc21. The number of carbonyl (C=O) groups is 2. The lowest BCUT2D eigenvalue weighted by atomic mass is 10.0. The molecule has 40 heavy (non-hydrogen) atoms. The summed E-state index contributed by atoms with van der Waals surface area (Å²) in [5, 5.41) is 14.8. The van der Waals surface area contributed by atoms with Crippen LogP contribution in [0.25, 0.3) is 11.0 Å². The quantitative estimate of drug-likeness (QED) is 0.269. The number of aromatic nitrogens is 3. The highest BCUT2D eigenvalue weighted by molar-refractivity contribution is 5.90. The van der Waals surface area contributed by atoms with Gasteiger partial charge in [0.25, 0.3) is 0 Å². The largest absolute Gasteiger partial charge is 0.350 e. The van der Waals surface area contributed by atoms with Gasteiger partial charge in [0.05, 0.1) is 11.6 Å². The van der Waals surface area contributed by atoms with Crippen molar-refractivity contribution in [1.29, 1.82) is 0 Å². The lowest BCUT2D eigenvalue weighted by Gasteiger charge is -2.26. The van der Waals surface area contributed by atoms with Crippen molar-refractivity contribution in [3.63, 3.8) is 0 Å². The monoisotopic (exact) mass is 539 g/mol. The topological polar surface area (TPSA) is 118 Å². The molecule has 9 heteroatoms. The van der Waals surface area contributed by atoms with E-state index in [0.717, 1.165) is 35.1 Å². The Hall–Kier alpha value is -4.08. The molecule has 5 rings (SSSR count). The highest BCUT2D eigenvalue weighted by atomic mass is 16.2. The predicted octanol–water partition coefficient (Wildman–Crippen LogP) is 2.35. The van der Waals surface area contributed by atoms with E-state index in [-0.39, 0.29) is 17.9 Å². The van der Waals surface area contributed by atoms with Crippen molar-refractivity contribution in [1.82, 2.24) is 30.5 Å². The average molecular weight is 540 g/mol. The van der Waals surface area contributed by atoms with Gasteiger partial charge in [-0.25, -0.2) is 4.68 Å². The van der Waals surface area contributed by atoms with Gasteiger partial charge in [0, 0.05) is 26.2 Å². The number of aryl methyl sites for hydroxylation is 2. The molecular weight excluding hydrogens is 502 g/mol. The molecule has 2 heterocycles. The molecule has 3 aromatic carbocycles. The molecule has 4 N–H and O–H groups in total. The first-order chi connectivity index (χ1) is 19.5. The number of hydrogen-bond acceptors (Lipinski definition) is 6. The minimum Gasteiger partial charge on any atom is -0.350 e. The maximum atomic E-state index is 13.5. The summed E-state index contributed by atoms with van der Waals surface area (Å²) < 4.78 is 1.71. The fraction of sp³-hybridized carbons (Fsp3) is 0.355. The molecule has 0 saturated carbocycles. The van der Waals surface area contributed by atoms with E-state index in [9.17, 15) is 9.59 Å². The van der Waals surface area contributed by atoms with Crippen LogP contribution in [-0.4, -0.2) is 62.9 Å². The lowest BCUT2D eigenvalue weighted by molar-refractivity contribution is -0.139. The first-order valence-electron chi connectivity index (χ1n) is 13.9. The number of rotatable bonds is 11. The summed E-state index contributed by atoms with van der Waals surface area (Å²) in [5.74, 6) is -0.348. The van der Waals surface area contributed by atoms with Gasteiger partial charge in [-0.1, -0.05) is 71.9 Å². The summed E-state index contributed by atoms with van der Waals surface area (Å²) in [6.45, 7) is 1.57. The van der Waals surface area contributed by atoms with Crippen molar-refractivity contribution in [3.8, 4) is 0 Å². The summed E-state index contributed by atoms with van der Waals surface area (Å²) >= 11 is 0. The van der Waals surface area contributed by atoms with Crippen LogP contribution in [0.2, 0.25) is 0 Å².